The standard InChI is InChI=1S/C15H21N3O4/c1-4-17-14(20)16(13(19)9-15(17,2)3)10-11-7-5-6-8-12(11)18(21)22/h5-8,13,19H,4,9-10H2,1-3H3. The van der Waals surface area contributed by atoms with Crippen LogP contribution in [-0.4, -0.2) is 44.2 Å². The van der Waals surface area contributed by atoms with Crippen molar-refractivity contribution in [3.05, 3.63) is 39.9 Å². The van der Waals surface area contributed by atoms with Crippen molar-refractivity contribution < 1.29 is 14.8 Å². The summed E-state index contributed by atoms with van der Waals surface area (Å²) in [5, 5.41) is 21.4. The number of urea groups is 1. The number of carbonyl (C=O) groups excluding carboxylic acids is 1. The fraction of sp³-hybridized carbons (Fsp3) is 0.533. The second-order valence-corrected chi connectivity index (χ2v) is 6.04. The first-order valence-electron chi connectivity index (χ1n) is 7.26. The molecule has 0 saturated carbocycles. The van der Waals surface area contributed by atoms with Crippen LogP contribution in [0.3, 0.4) is 0 Å². The van der Waals surface area contributed by atoms with Crippen molar-refractivity contribution in [2.24, 2.45) is 0 Å². The molecule has 0 aromatic heterocycles. The van der Waals surface area contributed by atoms with Gasteiger partial charge in [0.25, 0.3) is 5.69 Å². The van der Waals surface area contributed by atoms with E-state index in [9.17, 15) is 20.0 Å². The number of nitro groups is 1. The molecule has 1 N–H and O–H groups in total. The predicted octanol–water partition coefficient (Wildman–Crippen LogP) is 2.34. The molecule has 1 atom stereocenters. The molecule has 0 aliphatic carbocycles. The number of aliphatic hydroxyl groups is 1. The van der Waals surface area contributed by atoms with Crippen molar-refractivity contribution in [3.8, 4) is 0 Å². The Morgan fingerprint density at radius 1 is 1.41 bits per heavy atom. The Morgan fingerprint density at radius 2 is 2.05 bits per heavy atom. The van der Waals surface area contributed by atoms with Gasteiger partial charge in [0, 0.05) is 30.1 Å². The van der Waals surface area contributed by atoms with Gasteiger partial charge in [-0.1, -0.05) is 18.2 Å². The van der Waals surface area contributed by atoms with Crippen LogP contribution in [0.4, 0.5) is 10.5 Å². The number of carbonyl (C=O) groups is 1. The van der Waals surface area contributed by atoms with Crippen molar-refractivity contribution in [2.45, 2.75) is 45.5 Å². The zero-order valence-corrected chi connectivity index (χ0v) is 13.0. The van der Waals surface area contributed by atoms with E-state index >= 15 is 0 Å². The van der Waals surface area contributed by atoms with Gasteiger partial charge in [0.2, 0.25) is 0 Å². The van der Waals surface area contributed by atoms with E-state index in [4.69, 9.17) is 0 Å². The summed E-state index contributed by atoms with van der Waals surface area (Å²) in [6.45, 7) is 6.22. The minimum absolute atomic E-state index is 0.0176. The summed E-state index contributed by atoms with van der Waals surface area (Å²) in [7, 11) is 0. The highest BCUT2D eigenvalue weighted by atomic mass is 16.6. The van der Waals surface area contributed by atoms with E-state index in [-0.39, 0.29) is 18.3 Å². The molecule has 1 aromatic rings. The Hall–Kier alpha value is -2.15. The maximum absolute atomic E-state index is 12.6. The average molecular weight is 307 g/mol. The Labute approximate surface area is 129 Å². The van der Waals surface area contributed by atoms with Crippen molar-refractivity contribution in [2.75, 3.05) is 6.54 Å². The molecule has 1 heterocycles. The fourth-order valence-corrected chi connectivity index (χ4v) is 2.95. The molecule has 2 amide bonds. The van der Waals surface area contributed by atoms with E-state index < -0.39 is 16.7 Å². The molecule has 0 radical (unpaired) electrons. The number of para-hydroxylation sites is 1. The number of aliphatic hydroxyl groups excluding tert-OH is 1. The Morgan fingerprint density at radius 3 is 2.64 bits per heavy atom. The highest BCUT2D eigenvalue weighted by Crippen LogP contribution is 2.31. The topological polar surface area (TPSA) is 86.9 Å². The highest BCUT2D eigenvalue weighted by Gasteiger charge is 2.43. The number of amides is 2. The molecule has 1 saturated heterocycles. The Kier molecular flexibility index (Phi) is 4.37. The predicted molar refractivity (Wildman–Crippen MR) is 81.1 cm³/mol. The number of nitrogens with zero attached hydrogens (tertiary/aromatic N) is 3. The van der Waals surface area contributed by atoms with Crippen LogP contribution in [-0.2, 0) is 6.54 Å². The first kappa shape index (κ1) is 16.2. The molecule has 0 bridgehead atoms. The lowest BCUT2D eigenvalue weighted by molar-refractivity contribution is -0.385. The zero-order valence-electron chi connectivity index (χ0n) is 13.0. The van der Waals surface area contributed by atoms with Crippen LogP contribution in [0.2, 0.25) is 0 Å². The van der Waals surface area contributed by atoms with Crippen LogP contribution in [0, 0.1) is 10.1 Å². The molecule has 120 valence electrons. The summed E-state index contributed by atoms with van der Waals surface area (Å²) in [6.07, 6.45) is -0.558. The van der Waals surface area contributed by atoms with Gasteiger partial charge in [-0.25, -0.2) is 4.79 Å². The molecule has 1 aliphatic heterocycles. The summed E-state index contributed by atoms with van der Waals surface area (Å²) in [5.41, 5.74) is -0.0734. The largest absolute Gasteiger partial charge is 0.373 e. The van der Waals surface area contributed by atoms with E-state index in [1.807, 2.05) is 20.8 Å². The van der Waals surface area contributed by atoms with E-state index in [0.29, 0.717) is 18.5 Å². The molecular formula is C15H21N3O4. The van der Waals surface area contributed by atoms with Crippen LogP contribution < -0.4 is 0 Å². The highest BCUT2D eigenvalue weighted by molar-refractivity contribution is 5.76. The molecule has 1 fully saturated rings. The molecule has 7 heteroatoms. The lowest BCUT2D eigenvalue weighted by atomic mass is 9.94. The van der Waals surface area contributed by atoms with Gasteiger partial charge in [0.1, 0.15) is 6.23 Å². The normalized spacial score (nSPS) is 21.1. The molecule has 1 aromatic carbocycles. The minimum Gasteiger partial charge on any atom is -0.373 e. The van der Waals surface area contributed by atoms with Crippen LogP contribution in [0.25, 0.3) is 0 Å². The van der Waals surface area contributed by atoms with Crippen LogP contribution in [0.15, 0.2) is 24.3 Å². The van der Waals surface area contributed by atoms with Crippen molar-refractivity contribution >= 4 is 11.7 Å². The third-order valence-corrected chi connectivity index (χ3v) is 4.09. The number of benzene rings is 1. The van der Waals surface area contributed by atoms with Crippen molar-refractivity contribution in [3.63, 3.8) is 0 Å². The monoisotopic (exact) mass is 307 g/mol. The van der Waals surface area contributed by atoms with Crippen LogP contribution in [0.1, 0.15) is 32.8 Å². The lowest BCUT2D eigenvalue weighted by Gasteiger charge is -2.48. The minimum atomic E-state index is -0.954. The Balaban J connectivity index is 2.30. The molecule has 0 spiro atoms. The van der Waals surface area contributed by atoms with E-state index in [1.165, 1.54) is 11.0 Å². The summed E-state index contributed by atoms with van der Waals surface area (Å²) in [4.78, 5) is 26.2. The van der Waals surface area contributed by atoms with Crippen molar-refractivity contribution in [1.82, 2.24) is 9.80 Å². The maximum atomic E-state index is 12.6. The molecule has 1 aliphatic rings. The molecule has 22 heavy (non-hydrogen) atoms. The number of hydrogen-bond donors (Lipinski definition) is 1. The molecule has 1 unspecified atom stereocenters. The summed E-state index contributed by atoms with van der Waals surface area (Å²) in [6, 6.07) is 5.97. The number of nitro benzene ring substituents is 1. The smallest absolute Gasteiger partial charge is 0.322 e. The van der Waals surface area contributed by atoms with Crippen LogP contribution in [0.5, 0.6) is 0 Å². The van der Waals surface area contributed by atoms with Gasteiger partial charge in [-0.15, -0.1) is 0 Å². The first-order valence-corrected chi connectivity index (χ1v) is 7.26. The zero-order chi connectivity index (χ0) is 16.5. The van der Waals surface area contributed by atoms with Crippen LogP contribution >= 0.6 is 0 Å². The maximum Gasteiger partial charge on any atom is 0.322 e. The first-order chi connectivity index (χ1) is 10.3. The van der Waals surface area contributed by atoms with Gasteiger partial charge in [-0.2, -0.15) is 0 Å². The average Bonchev–Trinajstić information content (AvgIpc) is 2.43. The van der Waals surface area contributed by atoms with E-state index in [1.54, 1.807) is 23.1 Å². The van der Waals surface area contributed by atoms with E-state index in [0.717, 1.165) is 0 Å². The van der Waals surface area contributed by atoms with Gasteiger partial charge in [-0.3, -0.25) is 15.0 Å². The van der Waals surface area contributed by atoms with E-state index in [2.05, 4.69) is 0 Å². The van der Waals surface area contributed by atoms with Gasteiger partial charge < -0.3 is 10.0 Å². The SMILES string of the molecule is CCN1C(=O)N(Cc2ccccc2[N+](=O)[O-])C(O)CC1(C)C. The Bertz CT molecular complexity index is 588. The summed E-state index contributed by atoms with van der Waals surface area (Å²) in [5.74, 6) is 0. The number of rotatable bonds is 4. The van der Waals surface area contributed by atoms with Gasteiger partial charge in [0.15, 0.2) is 0 Å². The quantitative estimate of drug-likeness (QED) is 0.683. The van der Waals surface area contributed by atoms with Gasteiger partial charge in [-0.05, 0) is 20.8 Å². The van der Waals surface area contributed by atoms with Gasteiger partial charge >= 0.3 is 6.03 Å². The second-order valence-electron chi connectivity index (χ2n) is 6.04. The summed E-state index contributed by atoms with van der Waals surface area (Å²) < 4.78 is 0. The third kappa shape index (κ3) is 2.89. The van der Waals surface area contributed by atoms with Gasteiger partial charge in [0.05, 0.1) is 11.5 Å². The van der Waals surface area contributed by atoms with Crippen molar-refractivity contribution in [1.29, 1.82) is 0 Å². The summed E-state index contributed by atoms with van der Waals surface area (Å²) >= 11 is 0. The third-order valence-electron chi connectivity index (χ3n) is 4.09. The molecule has 2 rings (SSSR count). The fourth-order valence-electron chi connectivity index (χ4n) is 2.95. The number of hydrogen-bond acceptors (Lipinski definition) is 4. The molecular weight excluding hydrogens is 286 g/mol. The second kappa shape index (κ2) is 5.92. The molecule has 7 nitrogen and oxygen atoms in total. The lowest BCUT2D eigenvalue weighted by Crippen LogP contribution is -2.62.